The minimum atomic E-state index is 0.710. The van der Waals surface area contributed by atoms with Gasteiger partial charge in [-0.2, -0.15) is 0 Å². The summed E-state index contributed by atoms with van der Waals surface area (Å²) in [5.41, 5.74) is 2.22. The normalized spacial score (nSPS) is 15.2. The lowest BCUT2D eigenvalue weighted by Gasteiger charge is -2.04. The third-order valence-electron chi connectivity index (χ3n) is 2.95. The molecule has 1 heterocycles. The van der Waals surface area contributed by atoms with Crippen molar-refractivity contribution in [3.63, 3.8) is 0 Å². The maximum Gasteiger partial charge on any atom is 0.0973 e. The van der Waals surface area contributed by atoms with Crippen molar-refractivity contribution in [2.24, 2.45) is 0 Å². The molecule has 1 saturated carbocycles. The predicted molar refractivity (Wildman–Crippen MR) is 73.4 cm³/mol. The summed E-state index contributed by atoms with van der Waals surface area (Å²) in [4.78, 5) is 4.65. The molecule has 4 heteroatoms. The number of thiazole rings is 1. The molecule has 1 nitrogen and oxygen atoms in total. The first kappa shape index (κ1) is 11.5. The van der Waals surface area contributed by atoms with E-state index >= 15 is 0 Å². The molecule has 0 atom stereocenters. The highest BCUT2D eigenvalue weighted by molar-refractivity contribution is 7.09. The Hall–Kier alpha value is -0.570. The Bertz CT molecular complexity index is 526. The van der Waals surface area contributed by atoms with Crippen LogP contribution in [0.4, 0.5) is 0 Å². The number of hydrogen-bond donors (Lipinski definition) is 0. The molecule has 1 fully saturated rings. The van der Waals surface area contributed by atoms with Gasteiger partial charge >= 0.3 is 0 Å². The highest BCUT2D eigenvalue weighted by atomic mass is 35.5. The third kappa shape index (κ3) is 2.49. The Morgan fingerprint density at radius 3 is 2.59 bits per heavy atom. The zero-order valence-corrected chi connectivity index (χ0v) is 11.4. The van der Waals surface area contributed by atoms with Gasteiger partial charge in [-0.25, -0.2) is 4.98 Å². The lowest BCUT2D eigenvalue weighted by Crippen LogP contribution is -1.91. The number of benzene rings is 1. The summed E-state index contributed by atoms with van der Waals surface area (Å²) in [6.07, 6.45) is 3.31. The molecule has 1 aliphatic rings. The van der Waals surface area contributed by atoms with Crippen molar-refractivity contribution in [3.8, 4) is 0 Å². The summed E-state index contributed by atoms with van der Waals surface area (Å²) < 4.78 is 0. The van der Waals surface area contributed by atoms with Gasteiger partial charge in [0.2, 0.25) is 0 Å². The fourth-order valence-electron chi connectivity index (χ4n) is 1.83. The summed E-state index contributed by atoms with van der Waals surface area (Å²) in [5.74, 6) is 0.710. The Kier molecular flexibility index (Phi) is 3.12. The van der Waals surface area contributed by atoms with Crippen molar-refractivity contribution in [2.45, 2.75) is 25.2 Å². The van der Waals surface area contributed by atoms with E-state index in [1.165, 1.54) is 18.5 Å². The van der Waals surface area contributed by atoms with Crippen molar-refractivity contribution in [2.75, 3.05) is 0 Å². The molecule has 88 valence electrons. The highest BCUT2D eigenvalue weighted by Gasteiger charge is 2.26. The van der Waals surface area contributed by atoms with Crippen molar-refractivity contribution >= 4 is 34.5 Å². The van der Waals surface area contributed by atoms with Gasteiger partial charge in [0.15, 0.2) is 0 Å². The molecule has 0 aliphatic heterocycles. The topological polar surface area (TPSA) is 12.9 Å². The second-order valence-corrected chi connectivity index (χ2v) is 6.07. The van der Waals surface area contributed by atoms with Crippen LogP contribution in [0.5, 0.6) is 0 Å². The van der Waals surface area contributed by atoms with E-state index < -0.39 is 0 Å². The molecule has 17 heavy (non-hydrogen) atoms. The summed E-state index contributed by atoms with van der Waals surface area (Å²) in [7, 11) is 0. The van der Waals surface area contributed by atoms with Gasteiger partial charge in [-0.05, 0) is 30.5 Å². The summed E-state index contributed by atoms with van der Waals surface area (Å²) >= 11 is 14.0. The van der Waals surface area contributed by atoms with E-state index in [0.29, 0.717) is 5.92 Å². The van der Waals surface area contributed by atoms with E-state index in [1.54, 1.807) is 11.3 Å². The maximum absolute atomic E-state index is 6.15. The Balaban J connectivity index is 1.85. The zero-order valence-electron chi connectivity index (χ0n) is 9.12. The van der Waals surface area contributed by atoms with Gasteiger partial charge < -0.3 is 0 Å². The van der Waals surface area contributed by atoms with E-state index in [9.17, 15) is 0 Å². The zero-order chi connectivity index (χ0) is 11.8. The molecule has 0 unspecified atom stereocenters. The van der Waals surface area contributed by atoms with Crippen LogP contribution in [0.15, 0.2) is 23.6 Å². The molecule has 0 spiro atoms. The first-order valence-corrected chi connectivity index (χ1v) is 7.25. The predicted octanol–water partition coefficient (Wildman–Crippen LogP) is 4.92. The SMILES string of the molecule is Clc1cccc(Cl)c1Cc1nc(C2CC2)cs1. The van der Waals surface area contributed by atoms with Crippen LogP contribution in [0.1, 0.15) is 35.0 Å². The highest BCUT2D eigenvalue weighted by Crippen LogP contribution is 2.40. The Morgan fingerprint density at radius 1 is 1.24 bits per heavy atom. The molecule has 0 radical (unpaired) electrons. The lowest BCUT2D eigenvalue weighted by atomic mass is 10.1. The molecule has 3 rings (SSSR count). The second kappa shape index (κ2) is 4.60. The quantitative estimate of drug-likeness (QED) is 0.779. The van der Waals surface area contributed by atoms with Crippen LogP contribution in [0, 0.1) is 0 Å². The summed E-state index contributed by atoms with van der Waals surface area (Å²) in [6.45, 7) is 0. The van der Waals surface area contributed by atoms with Crippen LogP contribution in [0.25, 0.3) is 0 Å². The van der Waals surface area contributed by atoms with Crippen molar-refractivity contribution in [1.29, 1.82) is 0 Å². The molecular formula is C13H11Cl2NS. The Morgan fingerprint density at radius 2 is 1.94 bits per heavy atom. The van der Waals surface area contributed by atoms with Gasteiger partial charge in [0.25, 0.3) is 0 Å². The second-order valence-electron chi connectivity index (χ2n) is 4.32. The van der Waals surface area contributed by atoms with Gasteiger partial charge in [-0.3, -0.25) is 0 Å². The Labute approximate surface area is 114 Å². The first-order chi connectivity index (χ1) is 8.24. The van der Waals surface area contributed by atoms with Crippen LogP contribution in [-0.2, 0) is 6.42 Å². The van der Waals surface area contributed by atoms with E-state index in [4.69, 9.17) is 23.2 Å². The van der Waals surface area contributed by atoms with E-state index in [-0.39, 0.29) is 0 Å². The number of hydrogen-bond acceptors (Lipinski definition) is 2. The van der Waals surface area contributed by atoms with Crippen LogP contribution >= 0.6 is 34.5 Å². The maximum atomic E-state index is 6.15. The minimum absolute atomic E-state index is 0.710. The van der Waals surface area contributed by atoms with Gasteiger partial charge in [-0.1, -0.05) is 29.3 Å². The molecule has 0 saturated heterocycles. The summed E-state index contributed by atoms with van der Waals surface area (Å²) in [6, 6.07) is 5.61. The fourth-order valence-corrected chi connectivity index (χ4v) is 3.24. The lowest BCUT2D eigenvalue weighted by molar-refractivity contribution is 1.01. The minimum Gasteiger partial charge on any atom is -0.246 e. The summed E-state index contributed by atoms with van der Waals surface area (Å²) in [5, 5.41) is 4.71. The van der Waals surface area contributed by atoms with Crippen LogP contribution < -0.4 is 0 Å². The van der Waals surface area contributed by atoms with Crippen LogP contribution in [-0.4, -0.2) is 4.98 Å². The number of nitrogens with zero attached hydrogens (tertiary/aromatic N) is 1. The number of rotatable bonds is 3. The molecule has 1 aromatic carbocycles. The fraction of sp³-hybridized carbons (Fsp3) is 0.308. The van der Waals surface area contributed by atoms with E-state index in [1.807, 2.05) is 18.2 Å². The van der Waals surface area contributed by atoms with Crippen molar-refractivity contribution < 1.29 is 0 Å². The van der Waals surface area contributed by atoms with Gasteiger partial charge in [0.05, 0.1) is 10.7 Å². The molecule has 0 N–H and O–H groups in total. The molecule has 0 bridgehead atoms. The molecule has 1 aromatic heterocycles. The molecule has 1 aliphatic carbocycles. The molecular weight excluding hydrogens is 273 g/mol. The smallest absolute Gasteiger partial charge is 0.0973 e. The van der Waals surface area contributed by atoms with Crippen LogP contribution in [0.3, 0.4) is 0 Å². The van der Waals surface area contributed by atoms with Gasteiger partial charge in [-0.15, -0.1) is 11.3 Å². The van der Waals surface area contributed by atoms with Crippen molar-refractivity contribution in [1.82, 2.24) is 4.98 Å². The number of halogens is 2. The van der Waals surface area contributed by atoms with Crippen LogP contribution in [0.2, 0.25) is 10.0 Å². The van der Waals surface area contributed by atoms with E-state index in [2.05, 4.69) is 10.4 Å². The first-order valence-electron chi connectivity index (χ1n) is 5.61. The monoisotopic (exact) mass is 283 g/mol. The molecule has 0 amide bonds. The standard InChI is InChI=1S/C13H11Cl2NS/c14-10-2-1-3-11(15)9(10)6-13-16-12(7-17-13)8-4-5-8/h1-3,7-8H,4-6H2. The van der Waals surface area contributed by atoms with Crippen molar-refractivity contribution in [3.05, 3.63) is 49.9 Å². The third-order valence-corrected chi connectivity index (χ3v) is 4.53. The largest absolute Gasteiger partial charge is 0.246 e. The number of aromatic nitrogens is 1. The van der Waals surface area contributed by atoms with Gasteiger partial charge in [0, 0.05) is 27.8 Å². The van der Waals surface area contributed by atoms with E-state index in [0.717, 1.165) is 27.0 Å². The van der Waals surface area contributed by atoms with Gasteiger partial charge in [0.1, 0.15) is 0 Å². The average Bonchev–Trinajstić information content (AvgIpc) is 3.05. The molecule has 2 aromatic rings. The average molecular weight is 284 g/mol.